The third kappa shape index (κ3) is 2.74. The van der Waals surface area contributed by atoms with Crippen LogP contribution in [0.5, 0.6) is 5.75 Å². The molecule has 7 heteroatoms. The second-order valence-corrected chi connectivity index (χ2v) is 7.42. The molecule has 1 aromatic carbocycles. The largest absolute Gasteiger partial charge is 0.493 e. The number of furan rings is 1. The number of nitrogens with zero attached hydrogens (tertiary/aromatic N) is 3. The molecule has 4 aromatic rings. The summed E-state index contributed by atoms with van der Waals surface area (Å²) in [5, 5.41) is 5.28. The Kier molecular flexibility index (Phi) is 3.82. The molecule has 3 aromatic heterocycles. The molecule has 3 heterocycles. The highest BCUT2D eigenvalue weighted by atomic mass is 79.9. The fourth-order valence-electron chi connectivity index (χ4n) is 2.41. The van der Waals surface area contributed by atoms with E-state index < -0.39 is 0 Å². The first kappa shape index (κ1) is 14.7. The van der Waals surface area contributed by atoms with E-state index in [0.29, 0.717) is 6.61 Å². The highest BCUT2D eigenvalue weighted by Gasteiger charge is 2.14. The molecule has 0 saturated heterocycles. The van der Waals surface area contributed by atoms with Crippen LogP contribution in [-0.2, 0) is 0 Å². The minimum Gasteiger partial charge on any atom is -0.493 e. The molecule has 23 heavy (non-hydrogen) atoms. The average Bonchev–Trinajstić information content (AvgIpc) is 3.19. The van der Waals surface area contributed by atoms with Crippen LogP contribution in [-0.4, -0.2) is 21.2 Å². The maximum absolute atomic E-state index is 5.94. The van der Waals surface area contributed by atoms with Gasteiger partial charge in [0.05, 0.1) is 18.2 Å². The van der Waals surface area contributed by atoms with Gasteiger partial charge in [0, 0.05) is 0 Å². The molecule has 5 nitrogen and oxygen atoms in total. The second-order valence-electron chi connectivity index (χ2n) is 5.19. The molecule has 4 rings (SSSR count). The summed E-state index contributed by atoms with van der Waals surface area (Å²) in [4.78, 5) is 5.38. The zero-order valence-corrected chi connectivity index (χ0v) is 14.9. The Labute approximate surface area is 145 Å². The Morgan fingerprint density at radius 3 is 3.13 bits per heavy atom. The Morgan fingerprint density at radius 1 is 1.39 bits per heavy atom. The van der Waals surface area contributed by atoms with E-state index in [1.807, 2.05) is 30.5 Å². The van der Waals surface area contributed by atoms with E-state index in [0.717, 1.165) is 49.9 Å². The monoisotopic (exact) mass is 391 g/mol. The highest BCUT2D eigenvalue weighted by molar-refractivity contribution is 9.11. The molecule has 0 atom stereocenters. The van der Waals surface area contributed by atoms with Crippen molar-refractivity contribution in [2.45, 2.75) is 19.8 Å². The van der Waals surface area contributed by atoms with Crippen molar-refractivity contribution in [2.24, 2.45) is 0 Å². The predicted octanol–water partition coefficient (Wildman–Crippen LogP) is 5.15. The number of benzene rings is 1. The first-order valence-electron chi connectivity index (χ1n) is 7.42. The van der Waals surface area contributed by atoms with Gasteiger partial charge in [0.2, 0.25) is 4.96 Å². The molecular formula is C16H14BrN3O2S. The van der Waals surface area contributed by atoms with Gasteiger partial charge < -0.3 is 9.15 Å². The third-order valence-electron chi connectivity index (χ3n) is 3.55. The quantitative estimate of drug-likeness (QED) is 0.441. The van der Waals surface area contributed by atoms with Crippen LogP contribution >= 0.6 is 27.3 Å². The van der Waals surface area contributed by atoms with Crippen molar-refractivity contribution in [3.63, 3.8) is 0 Å². The molecule has 0 aliphatic carbocycles. The van der Waals surface area contributed by atoms with Crippen molar-refractivity contribution in [1.29, 1.82) is 0 Å². The van der Waals surface area contributed by atoms with Gasteiger partial charge in [-0.15, -0.1) is 5.10 Å². The van der Waals surface area contributed by atoms with E-state index in [9.17, 15) is 0 Å². The fourth-order valence-corrected chi connectivity index (χ4v) is 3.62. The zero-order chi connectivity index (χ0) is 15.8. The number of unbranched alkanes of at least 4 members (excludes halogenated alkanes) is 1. The SMILES string of the molecule is CCCCOc1cccc2oc(-c3cn4nc(Br)sc4n3)cc12. The summed E-state index contributed by atoms with van der Waals surface area (Å²) >= 11 is 4.84. The van der Waals surface area contributed by atoms with Crippen LogP contribution < -0.4 is 4.74 Å². The first-order chi connectivity index (χ1) is 11.2. The smallest absolute Gasteiger partial charge is 0.213 e. The average molecular weight is 392 g/mol. The number of aromatic nitrogens is 3. The van der Waals surface area contributed by atoms with Crippen LogP contribution in [0.1, 0.15) is 19.8 Å². The summed E-state index contributed by atoms with van der Waals surface area (Å²) in [5.74, 6) is 1.58. The lowest BCUT2D eigenvalue weighted by Gasteiger charge is -2.05. The molecule has 0 aliphatic heterocycles. The summed E-state index contributed by atoms with van der Waals surface area (Å²) in [7, 11) is 0. The van der Waals surface area contributed by atoms with Crippen LogP contribution in [0.3, 0.4) is 0 Å². The molecule has 118 valence electrons. The normalized spacial score (nSPS) is 11.6. The molecule has 0 bridgehead atoms. The fraction of sp³-hybridized carbons (Fsp3) is 0.250. The van der Waals surface area contributed by atoms with E-state index in [1.165, 1.54) is 11.3 Å². The second kappa shape index (κ2) is 5.98. The minimum absolute atomic E-state index is 0.717. The van der Waals surface area contributed by atoms with Crippen LogP contribution in [0, 0.1) is 0 Å². The van der Waals surface area contributed by atoms with E-state index in [2.05, 4.69) is 32.9 Å². The molecule has 0 radical (unpaired) electrons. The predicted molar refractivity (Wildman–Crippen MR) is 94.2 cm³/mol. The highest BCUT2D eigenvalue weighted by Crippen LogP contribution is 2.34. The third-order valence-corrected chi connectivity index (χ3v) is 4.90. The lowest BCUT2D eigenvalue weighted by atomic mass is 10.2. The van der Waals surface area contributed by atoms with Crippen molar-refractivity contribution in [3.8, 4) is 17.2 Å². The summed E-state index contributed by atoms with van der Waals surface area (Å²) in [6.45, 7) is 2.87. The van der Waals surface area contributed by atoms with Gasteiger partial charge in [0.25, 0.3) is 0 Å². The Balaban J connectivity index is 1.72. The summed E-state index contributed by atoms with van der Waals surface area (Å²) < 4.78 is 14.4. The molecule has 0 amide bonds. The van der Waals surface area contributed by atoms with E-state index in [-0.39, 0.29) is 0 Å². The van der Waals surface area contributed by atoms with Crippen molar-refractivity contribution >= 4 is 43.2 Å². The van der Waals surface area contributed by atoms with Crippen molar-refractivity contribution < 1.29 is 9.15 Å². The molecule has 0 N–H and O–H groups in total. The van der Waals surface area contributed by atoms with Gasteiger partial charge in [0.15, 0.2) is 9.68 Å². The summed E-state index contributed by atoms with van der Waals surface area (Å²) in [5.41, 5.74) is 1.58. The molecule has 0 saturated carbocycles. The van der Waals surface area contributed by atoms with Crippen molar-refractivity contribution in [3.05, 3.63) is 34.4 Å². The maximum atomic E-state index is 5.94. The number of ether oxygens (including phenoxy) is 1. The van der Waals surface area contributed by atoms with Gasteiger partial charge in [-0.3, -0.25) is 0 Å². The van der Waals surface area contributed by atoms with E-state index in [1.54, 1.807) is 4.52 Å². The van der Waals surface area contributed by atoms with Crippen LogP contribution in [0.25, 0.3) is 27.4 Å². The van der Waals surface area contributed by atoms with Gasteiger partial charge in [-0.2, -0.15) is 0 Å². The molecule has 0 fully saturated rings. The number of rotatable bonds is 5. The van der Waals surface area contributed by atoms with Gasteiger partial charge in [0.1, 0.15) is 17.0 Å². The van der Waals surface area contributed by atoms with E-state index >= 15 is 0 Å². The van der Waals surface area contributed by atoms with Crippen LogP contribution in [0.2, 0.25) is 0 Å². The maximum Gasteiger partial charge on any atom is 0.213 e. The first-order valence-corrected chi connectivity index (χ1v) is 9.03. The van der Waals surface area contributed by atoms with Gasteiger partial charge in [-0.1, -0.05) is 30.7 Å². The summed E-state index contributed by atoms with van der Waals surface area (Å²) in [6.07, 6.45) is 4.02. The molecule has 0 aliphatic rings. The number of hydrogen-bond acceptors (Lipinski definition) is 5. The number of hydrogen-bond donors (Lipinski definition) is 0. The Bertz CT molecular complexity index is 941. The molecule has 0 unspecified atom stereocenters. The summed E-state index contributed by atoms with van der Waals surface area (Å²) in [6, 6.07) is 7.85. The lowest BCUT2D eigenvalue weighted by molar-refractivity contribution is 0.313. The number of halogens is 1. The van der Waals surface area contributed by atoms with Gasteiger partial charge in [-0.05, 0) is 40.5 Å². The van der Waals surface area contributed by atoms with Crippen LogP contribution in [0.15, 0.2) is 38.8 Å². The van der Waals surface area contributed by atoms with Crippen LogP contribution in [0.4, 0.5) is 0 Å². The topological polar surface area (TPSA) is 52.6 Å². The lowest BCUT2D eigenvalue weighted by Crippen LogP contribution is -1.96. The van der Waals surface area contributed by atoms with Gasteiger partial charge >= 0.3 is 0 Å². The standard InChI is InChI=1S/C16H14BrN3O2S/c1-2-3-7-21-12-5-4-6-13-10(12)8-14(22-13)11-9-20-16(18-11)23-15(17)19-20/h4-6,8-9H,2-3,7H2,1H3. The van der Waals surface area contributed by atoms with Gasteiger partial charge in [-0.25, -0.2) is 9.50 Å². The molecule has 0 spiro atoms. The van der Waals surface area contributed by atoms with Crippen molar-refractivity contribution in [2.75, 3.05) is 6.61 Å². The molecular weight excluding hydrogens is 378 g/mol. The number of fused-ring (bicyclic) bond motifs is 2. The zero-order valence-electron chi connectivity index (χ0n) is 12.5. The van der Waals surface area contributed by atoms with E-state index in [4.69, 9.17) is 9.15 Å². The minimum atomic E-state index is 0.717. The van der Waals surface area contributed by atoms with Crippen molar-refractivity contribution in [1.82, 2.24) is 14.6 Å². The Morgan fingerprint density at radius 2 is 2.30 bits per heavy atom. The number of imidazole rings is 1. The Hall–Kier alpha value is -1.86.